The first-order chi connectivity index (χ1) is 13.5. The second-order valence-corrected chi connectivity index (χ2v) is 8.00. The molecule has 0 aliphatic heterocycles. The van der Waals surface area contributed by atoms with Gasteiger partial charge in [-0.1, -0.05) is 6.07 Å². The molecule has 0 bridgehead atoms. The van der Waals surface area contributed by atoms with Gasteiger partial charge in [0.05, 0.1) is 6.10 Å². The molecule has 3 aromatic rings. The highest BCUT2D eigenvalue weighted by Gasteiger charge is 2.20. The zero-order valence-electron chi connectivity index (χ0n) is 15.6. The number of fused-ring (bicyclic) bond motifs is 1. The molecular weight excluding hydrogens is 378 g/mol. The Morgan fingerprint density at radius 1 is 1.21 bits per heavy atom. The Morgan fingerprint density at radius 2 is 2.00 bits per heavy atom. The monoisotopic (exact) mass is 401 g/mol. The van der Waals surface area contributed by atoms with Gasteiger partial charge in [-0.25, -0.2) is 13.1 Å². The minimum absolute atomic E-state index is 0.0943. The predicted molar refractivity (Wildman–Crippen MR) is 109 cm³/mol. The van der Waals surface area contributed by atoms with Gasteiger partial charge in [0.25, 0.3) is 5.56 Å². The average molecular weight is 401 g/mol. The van der Waals surface area contributed by atoms with Crippen LogP contribution in [0.5, 0.6) is 5.75 Å². The van der Waals surface area contributed by atoms with Crippen molar-refractivity contribution in [2.45, 2.75) is 38.3 Å². The van der Waals surface area contributed by atoms with Crippen LogP contribution in [0.4, 0.5) is 0 Å². The van der Waals surface area contributed by atoms with Gasteiger partial charge in [-0.3, -0.25) is 4.79 Å². The van der Waals surface area contributed by atoms with Crippen LogP contribution in [0.3, 0.4) is 0 Å². The van der Waals surface area contributed by atoms with Gasteiger partial charge in [-0.2, -0.15) is 0 Å². The summed E-state index contributed by atoms with van der Waals surface area (Å²) < 4.78 is 32.1. The molecule has 1 aliphatic carbocycles. The molecule has 0 atom stereocenters. The van der Waals surface area contributed by atoms with Gasteiger partial charge in [0.15, 0.2) is 0 Å². The fraction of sp³-hybridized carbons (Fsp3) is 0.350. The van der Waals surface area contributed by atoms with Crippen LogP contribution >= 0.6 is 0 Å². The molecule has 1 aliphatic rings. The van der Waals surface area contributed by atoms with E-state index in [0.717, 1.165) is 40.7 Å². The minimum Gasteiger partial charge on any atom is -0.490 e. The molecular formula is C20H23N3O4S. The van der Waals surface area contributed by atoms with Gasteiger partial charge in [-0.15, -0.1) is 0 Å². The van der Waals surface area contributed by atoms with E-state index in [9.17, 15) is 13.2 Å². The maximum absolute atomic E-state index is 12.4. The Balaban J connectivity index is 1.84. The number of aryl methyl sites for hydroxylation is 1. The number of hydrogen-bond donors (Lipinski definition) is 3. The number of nitrogens with zero attached hydrogens (tertiary/aromatic N) is 1. The lowest BCUT2D eigenvalue weighted by Crippen LogP contribution is -2.17. The molecule has 1 aromatic carbocycles. The van der Waals surface area contributed by atoms with Gasteiger partial charge >= 0.3 is 0 Å². The lowest BCUT2D eigenvalue weighted by molar-refractivity contribution is 0.211. The van der Waals surface area contributed by atoms with E-state index < -0.39 is 10.9 Å². The summed E-state index contributed by atoms with van der Waals surface area (Å²) in [4.78, 5) is 15.4. The Hall–Kier alpha value is -2.58. The van der Waals surface area contributed by atoms with Gasteiger partial charge in [0.1, 0.15) is 11.3 Å². The van der Waals surface area contributed by atoms with E-state index in [0.29, 0.717) is 5.52 Å². The van der Waals surface area contributed by atoms with E-state index in [-0.39, 0.29) is 18.2 Å². The van der Waals surface area contributed by atoms with Crippen LogP contribution in [0.1, 0.15) is 31.2 Å². The third-order valence-electron chi connectivity index (χ3n) is 5.24. The lowest BCUT2D eigenvalue weighted by atomic mass is 10.00. The van der Waals surface area contributed by atoms with E-state index in [1.165, 1.54) is 12.8 Å². The summed E-state index contributed by atoms with van der Waals surface area (Å²) in [7, 11) is -0.949. The second-order valence-electron chi connectivity index (χ2n) is 7.17. The third-order valence-corrected chi connectivity index (χ3v) is 5.65. The number of aromatic nitrogens is 2. The first-order valence-corrected chi connectivity index (χ1v) is 10.6. The molecule has 2 N–H and O–H groups in total. The number of thiol groups is 1. The first-order valence-electron chi connectivity index (χ1n) is 9.37. The fourth-order valence-corrected chi connectivity index (χ4v) is 4.14. The summed E-state index contributed by atoms with van der Waals surface area (Å²) in [5, 5.41) is 0.819. The molecule has 7 nitrogen and oxygen atoms in total. The molecule has 1 fully saturated rings. The third kappa shape index (κ3) is 3.70. The van der Waals surface area contributed by atoms with Crippen molar-refractivity contribution >= 4 is 21.8 Å². The Labute approximate surface area is 164 Å². The van der Waals surface area contributed by atoms with Crippen LogP contribution in [-0.2, 0) is 24.5 Å². The highest BCUT2D eigenvalue weighted by atomic mass is 32.2. The summed E-state index contributed by atoms with van der Waals surface area (Å²) in [6, 6.07) is 7.58. The number of H-pyrrole nitrogens is 1. The van der Waals surface area contributed by atoms with Crippen LogP contribution in [0, 0.1) is 0 Å². The zero-order valence-corrected chi connectivity index (χ0v) is 16.5. The first kappa shape index (κ1) is 18.8. The summed E-state index contributed by atoms with van der Waals surface area (Å²) in [5.41, 5.74) is 3.00. The van der Waals surface area contributed by atoms with Crippen molar-refractivity contribution < 1.29 is 13.2 Å². The van der Waals surface area contributed by atoms with Crippen molar-refractivity contribution in [3.8, 4) is 16.9 Å². The molecule has 1 saturated carbocycles. The van der Waals surface area contributed by atoms with Crippen molar-refractivity contribution in [2.75, 3.05) is 0 Å². The molecule has 0 unspecified atom stereocenters. The number of hydrogen-bond acceptors (Lipinski definition) is 4. The highest BCUT2D eigenvalue weighted by Crippen LogP contribution is 2.37. The number of benzene rings is 1. The summed E-state index contributed by atoms with van der Waals surface area (Å²) in [6.45, 7) is 0.206. The maximum Gasteiger partial charge on any atom is 0.274 e. The minimum atomic E-state index is -2.67. The number of rotatable bonds is 6. The van der Waals surface area contributed by atoms with Crippen LogP contribution in [-0.4, -0.2) is 24.1 Å². The number of aromatic amines is 1. The molecule has 0 saturated heterocycles. The molecule has 8 heteroatoms. The van der Waals surface area contributed by atoms with Crippen LogP contribution in [0.15, 0.2) is 41.5 Å². The summed E-state index contributed by atoms with van der Waals surface area (Å²) in [5.74, 6) is 0.753. The topological polar surface area (TPSA) is 93.2 Å². The molecule has 0 spiro atoms. The number of ether oxygens (including phenoxy) is 1. The SMILES string of the molecule is Cn1cc(-c2cc(CN[SH](=O)=O)ccc2OC2CCCC2)c2cc[nH]c2c1=O. The molecule has 4 rings (SSSR count). The van der Waals surface area contributed by atoms with Crippen molar-refractivity contribution in [3.05, 3.63) is 52.6 Å². The van der Waals surface area contributed by atoms with E-state index >= 15 is 0 Å². The molecule has 148 valence electrons. The highest BCUT2D eigenvalue weighted by molar-refractivity contribution is 7.70. The van der Waals surface area contributed by atoms with Gasteiger partial charge < -0.3 is 14.3 Å². The molecule has 0 radical (unpaired) electrons. The van der Waals surface area contributed by atoms with E-state index in [2.05, 4.69) is 9.71 Å². The largest absolute Gasteiger partial charge is 0.490 e. The number of pyridine rings is 1. The van der Waals surface area contributed by atoms with E-state index in [1.807, 2.05) is 24.3 Å². The standard InChI is InChI=1S/C20H23N3O4S/c1-23-12-17(15-8-9-21-19(15)20(23)24)16-10-13(11-22-28(25)26)6-7-18(16)27-14-4-2-3-5-14/h6-10,12,14,21,28H,2-5,11H2,1H3,(H,22,25,26). The average Bonchev–Trinajstić information content (AvgIpc) is 3.36. The van der Waals surface area contributed by atoms with E-state index in [1.54, 1.807) is 24.0 Å². The van der Waals surface area contributed by atoms with Crippen LogP contribution < -0.4 is 15.0 Å². The van der Waals surface area contributed by atoms with Gasteiger partial charge in [0.2, 0.25) is 10.9 Å². The Morgan fingerprint density at radius 3 is 2.75 bits per heavy atom. The second kappa shape index (κ2) is 7.81. The van der Waals surface area contributed by atoms with Gasteiger partial charge in [-0.05, 0) is 49.4 Å². The smallest absolute Gasteiger partial charge is 0.274 e. The zero-order chi connectivity index (χ0) is 19.7. The van der Waals surface area contributed by atoms with Crippen molar-refractivity contribution in [1.29, 1.82) is 0 Å². The molecule has 2 aromatic heterocycles. The predicted octanol–water partition coefficient (Wildman–Crippen LogP) is 2.47. The molecule has 0 amide bonds. The van der Waals surface area contributed by atoms with Crippen LogP contribution in [0.25, 0.3) is 22.0 Å². The van der Waals surface area contributed by atoms with Crippen LogP contribution in [0.2, 0.25) is 0 Å². The number of nitrogens with one attached hydrogen (secondary N) is 2. The fourth-order valence-electron chi connectivity index (χ4n) is 3.83. The summed E-state index contributed by atoms with van der Waals surface area (Å²) >= 11 is 0. The normalized spacial score (nSPS) is 14.9. The summed E-state index contributed by atoms with van der Waals surface area (Å²) in [6.07, 6.45) is 8.15. The quantitative estimate of drug-likeness (QED) is 0.553. The van der Waals surface area contributed by atoms with Crippen molar-refractivity contribution in [3.63, 3.8) is 0 Å². The van der Waals surface area contributed by atoms with Crippen molar-refractivity contribution in [1.82, 2.24) is 14.3 Å². The maximum atomic E-state index is 12.4. The van der Waals surface area contributed by atoms with Gasteiger partial charge in [0, 0.05) is 42.5 Å². The lowest BCUT2D eigenvalue weighted by Gasteiger charge is -2.18. The Kier molecular flexibility index (Phi) is 5.23. The van der Waals surface area contributed by atoms with E-state index in [4.69, 9.17) is 4.74 Å². The van der Waals surface area contributed by atoms with Crippen molar-refractivity contribution in [2.24, 2.45) is 7.05 Å². The Bertz CT molecular complexity index is 1130. The molecule has 2 heterocycles. The molecule has 28 heavy (non-hydrogen) atoms.